The summed E-state index contributed by atoms with van der Waals surface area (Å²) in [4.78, 5) is 11.0. The van der Waals surface area contributed by atoms with Crippen LogP contribution < -0.4 is 5.56 Å². The van der Waals surface area contributed by atoms with Crippen LogP contribution in [0.3, 0.4) is 0 Å². The molecule has 0 N–H and O–H groups in total. The summed E-state index contributed by atoms with van der Waals surface area (Å²) in [7, 11) is 0. The average Bonchev–Trinajstić information content (AvgIpc) is 2.13. The molecule has 1 rings (SSSR count). The van der Waals surface area contributed by atoms with Gasteiger partial charge < -0.3 is 4.57 Å². The largest absolute Gasteiger partial charge is 0.316 e. The lowest BCUT2D eigenvalue weighted by Gasteiger charge is -1.99. The van der Waals surface area contributed by atoms with E-state index in [4.69, 9.17) is 0 Å². The van der Waals surface area contributed by atoms with E-state index in [0.29, 0.717) is 0 Å². The second-order valence-corrected chi connectivity index (χ2v) is 2.23. The molecule has 2 heteroatoms. The highest BCUT2D eigenvalue weighted by Gasteiger charge is 1.88. The third-order valence-corrected chi connectivity index (χ3v) is 1.36. The van der Waals surface area contributed by atoms with Crippen LogP contribution in [0, 0.1) is 0 Å². The molecule has 0 aliphatic heterocycles. The average molecular weight is 167 g/mol. The standard InChI is InChI=1S/C8H11NO.C2H6/c1-2-6-9-7-4-3-5-8(9)10;1-2/h3-5,7H,2,6H2,1H3;1-2H3. The summed E-state index contributed by atoms with van der Waals surface area (Å²) in [5, 5.41) is 0. The maximum atomic E-state index is 11.0. The molecule has 0 spiro atoms. The van der Waals surface area contributed by atoms with Crippen molar-refractivity contribution in [1.82, 2.24) is 4.57 Å². The number of hydrogen-bond acceptors (Lipinski definition) is 1. The SMILES string of the molecule is CC.CCCn1ccccc1=O. The van der Waals surface area contributed by atoms with E-state index in [0.717, 1.165) is 13.0 Å². The van der Waals surface area contributed by atoms with Crippen LogP contribution >= 0.6 is 0 Å². The van der Waals surface area contributed by atoms with Gasteiger partial charge in [0.1, 0.15) is 0 Å². The molecular formula is C10H17NO. The first-order valence-corrected chi connectivity index (χ1v) is 4.50. The van der Waals surface area contributed by atoms with Crippen LogP contribution in [0.2, 0.25) is 0 Å². The van der Waals surface area contributed by atoms with Gasteiger partial charge in [0.2, 0.25) is 5.56 Å². The summed E-state index contributed by atoms with van der Waals surface area (Å²) < 4.78 is 1.71. The third kappa shape index (κ3) is 3.37. The fourth-order valence-corrected chi connectivity index (χ4v) is 0.886. The third-order valence-electron chi connectivity index (χ3n) is 1.36. The number of aromatic nitrogens is 1. The Hall–Kier alpha value is -1.05. The normalized spacial score (nSPS) is 8.58. The first-order valence-electron chi connectivity index (χ1n) is 4.50. The zero-order valence-electron chi connectivity index (χ0n) is 8.08. The Morgan fingerprint density at radius 1 is 1.33 bits per heavy atom. The van der Waals surface area contributed by atoms with Crippen LogP contribution in [0.1, 0.15) is 27.2 Å². The van der Waals surface area contributed by atoms with Gasteiger partial charge in [-0.3, -0.25) is 4.79 Å². The van der Waals surface area contributed by atoms with Gasteiger partial charge in [-0.2, -0.15) is 0 Å². The first-order chi connectivity index (χ1) is 5.84. The van der Waals surface area contributed by atoms with Crippen molar-refractivity contribution in [1.29, 1.82) is 0 Å². The minimum atomic E-state index is 0.0874. The van der Waals surface area contributed by atoms with Gasteiger partial charge in [0, 0.05) is 18.8 Å². The molecule has 0 unspecified atom stereocenters. The Labute approximate surface area is 73.9 Å². The zero-order chi connectivity index (χ0) is 9.40. The van der Waals surface area contributed by atoms with Gasteiger partial charge in [0.25, 0.3) is 0 Å². The second-order valence-electron chi connectivity index (χ2n) is 2.23. The van der Waals surface area contributed by atoms with Crippen LogP contribution in [-0.4, -0.2) is 4.57 Å². The predicted octanol–water partition coefficient (Wildman–Crippen LogP) is 2.28. The lowest BCUT2D eigenvalue weighted by atomic mass is 10.4. The molecule has 0 saturated heterocycles. The topological polar surface area (TPSA) is 22.0 Å². The van der Waals surface area contributed by atoms with Gasteiger partial charge in [0.15, 0.2) is 0 Å². The fraction of sp³-hybridized carbons (Fsp3) is 0.500. The van der Waals surface area contributed by atoms with Crippen LogP contribution in [0.4, 0.5) is 0 Å². The molecule has 0 radical (unpaired) electrons. The van der Waals surface area contributed by atoms with Crippen molar-refractivity contribution in [3.05, 3.63) is 34.7 Å². The van der Waals surface area contributed by atoms with Crippen molar-refractivity contribution in [2.45, 2.75) is 33.7 Å². The van der Waals surface area contributed by atoms with Gasteiger partial charge >= 0.3 is 0 Å². The highest BCUT2D eigenvalue weighted by molar-refractivity contribution is 4.92. The molecule has 1 heterocycles. The molecule has 0 atom stereocenters. The molecule has 68 valence electrons. The Bertz CT molecular complexity index is 252. The van der Waals surface area contributed by atoms with Crippen molar-refractivity contribution in [2.24, 2.45) is 0 Å². The second kappa shape index (κ2) is 6.65. The van der Waals surface area contributed by atoms with E-state index >= 15 is 0 Å². The molecule has 0 saturated carbocycles. The van der Waals surface area contributed by atoms with Crippen molar-refractivity contribution >= 4 is 0 Å². The molecule has 0 bridgehead atoms. The van der Waals surface area contributed by atoms with Gasteiger partial charge in [0.05, 0.1) is 0 Å². The highest BCUT2D eigenvalue weighted by Crippen LogP contribution is 1.84. The molecule has 12 heavy (non-hydrogen) atoms. The van der Waals surface area contributed by atoms with Gasteiger partial charge in [-0.1, -0.05) is 26.8 Å². The highest BCUT2D eigenvalue weighted by atomic mass is 16.1. The minimum absolute atomic E-state index is 0.0874. The van der Waals surface area contributed by atoms with Crippen molar-refractivity contribution in [2.75, 3.05) is 0 Å². The Kier molecular flexibility index (Phi) is 6.07. The Morgan fingerprint density at radius 2 is 2.00 bits per heavy atom. The van der Waals surface area contributed by atoms with E-state index in [-0.39, 0.29) is 5.56 Å². The summed E-state index contributed by atoms with van der Waals surface area (Å²) in [5.41, 5.74) is 0.0874. The summed E-state index contributed by atoms with van der Waals surface area (Å²) in [5.74, 6) is 0. The van der Waals surface area contributed by atoms with E-state index in [9.17, 15) is 4.79 Å². The smallest absolute Gasteiger partial charge is 0.250 e. The van der Waals surface area contributed by atoms with Crippen LogP contribution in [0.25, 0.3) is 0 Å². The monoisotopic (exact) mass is 167 g/mol. The van der Waals surface area contributed by atoms with Crippen LogP contribution in [0.15, 0.2) is 29.2 Å². The lowest BCUT2D eigenvalue weighted by molar-refractivity contribution is 0.654. The van der Waals surface area contributed by atoms with E-state index in [1.165, 1.54) is 0 Å². The van der Waals surface area contributed by atoms with Crippen LogP contribution in [0.5, 0.6) is 0 Å². The summed E-state index contributed by atoms with van der Waals surface area (Å²) in [6, 6.07) is 5.21. The maximum Gasteiger partial charge on any atom is 0.250 e. The molecule has 0 aliphatic carbocycles. The number of aryl methyl sites for hydroxylation is 1. The van der Waals surface area contributed by atoms with E-state index < -0.39 is 0 Å². The van der Waals surface area contributed by atoms with Crippen LogP contribution in [-0.2, 0) is 6.54 Å². The van der Waals surface area contributed by atoms with Gasteiger partial charge in [-0.15, -0.1) is 0 Å². The fourth-order valence-electron chi connectivity index (χ4n) is 0.886. The first kappa shape index (κ1) is 11.0. The molecule has 0 aromatic carbocycles. The predicted molar refractivity (Wildman–Crippen MR) is 52.3 cm³/mol. The van der Waals surface area contributed by atoms with Crippen molar-refractivity contribution < 1.29 is 0 Å². The molecule has 2 nitrogen and oxygen atoms in total. The summed E-state index contributed by atoms with van der Waals surface area (Å²) >= 11 is 0. The molecule has 0 amide bonds. The molecule has 0 aliphatic rings. The molecular weight excluding hydrogens is 150 g/mol. The van der Waals surface area contributed by atoms with Crippen molar-refractivity contribution in [3.63, 3.8) is 0 Å². The van der Waals surface area contributed by atoms with Crippen molar-refractivity contribution in [3.8, 4) is 0 Å². The van der Waals surface area contributed by atoms with E-state index in [1.807, 2.05) is 26.1 Å². The number of nitrogens with zero attached hydrogens (tertiary/aromatic N) is 1. The molecule has 1 aromatic heterocycles. The van der Waals surface area contributed by atoms with E-state index in [1.54, 1.807) is 16.7 Å². The number of rotatable bonds is 2. The van der Waals surface area contributed by atoms with Gasteiger partial charge in [-0.05, 0) is 12.5 Å². The number of pyridine rings is 1. The Balaban J connectivity index is 0.000000561. The zero-order valence-corrected chi connectivity index (χ0v) is 8.08. The Morgan fingerprint density at radius 3 is 2.50 bits per heavy atom. The van der Waals surface area contributed by atoms with E-state index in [2.05, 4.69) is 6.92 Å². The van der Waals surface area contributed by atoms with Gasteiger partial charge in [-0.25, -0.2) is 0 Å². The molecule has 1 aromatic rings. The molecule has 0 fully saturated rings. The summed E-state index contributed by atoms with van der Waals surface area (Å²) in [6.45, 7) is 6.87. The minimum Gasteiger partial charge on any atom is -0.316 e. The number of hydrogen-bond donors (Lipinski definition) is 0. The maximum absolute atomic E-state index is 11.0. The lowest BCUT2D eigenvalue weighted by Crippen LogP contribution is -2.16. The summed E-state index contributed by atoms with van der Waals surface area (Å²) in [6.07, 6.45) is 2.82. The quantitative estimate of drug-likeness (QED) is 0.662.